The van der Waals surface area contributed by atoms with Crippen LogP contribution < -0.4 is 4.80 Å². The van der Waals surface area contributed by atoms with Crippen LogP contribution in [0.15, 0.2) is 53.5 Å². The Bertz CT molecular complexity index is 1320. The Morgan fingerprint density at radius 2 is 1.84 bits per heavy atom. The maximum absolute atomic E-state index is 12.4. The zero-order valence-corrected chi connectivity index (χ0v) is 17.5. The molecule has 0 radical (unpaired) electrons. The number of benzene rings is 2. The minimum absolute atomic E-state index is 0.116. The van der Waals surface area contributed by atoms with Crippen molar-refractivity contribution in [3.05, 3.63) is 79.1 Å². The fourth-order valence-electron chi connectivity index (χ4n) is 2.79. The van der Waals surface area contributed by atoms with Gasteiger partial charge in [-0.15, -0.1) is 0 Å². The number of nitro benzene ring substituents is 2. The number of nitrogens with zero attached hydrogens (tertiary/aromatic N) is 4. The van der Waals surface area contributed by atoms with Crippen molar-refractivity contribution in [2.75, 3.05) is 6.61 Å². The lowest BCUT2D eigenvalue weighted by Crippen LogP contribution is -2.22. The van der Waals surface area contributed by atoms with Crippen LogP contribution in [0.2, 0.25) is 0 Å². The van der Waals surface area contributed by atoms with E-state index in [1.807, 2.05) is 0 Å². The first-order valence-corrected chi connectivity index (χ1v) is 10.0. The van der Waals surface area contributed by atoms with Crippen LogP contribution in [0.1, 0.15) is 12.5 Å². The van der Waals surface area contributed by atoms with E-state index in [0.29, 0.717) is 15.8 Å². The number of ether oxygens (including phenoxy) is 1. The minimum atomic E-state index is -0.671. The number of hydrogen-bond donors (Lipinski definition) is 0. The van der Waals surface area contributed by atoms with Gasteiger partial charge in [0.1, 0.15) is 6.54 Å². The summed E-state index contributed by atoms with van der Waals surface area (Å²) >= 11 is 1.08. The Hall–Kier alpha value is -4.19. The SMILES string of the molecule is CCOC(=O)Cn1c(=NC(=O)C=Cc2cccc([N+](=O)[O-])c2)sc2ccc([N+](=O)[O-])cc21. The van der Waals surface area contributed by atoms with Gasteiger partial charge in [0.25, 0.3) is 17.3 Å². The monoisotopic (exact) mass is 456 g/mol. The highest BCUT2D eigenvalue weighted by Crippen LogP contribution is 2.23. The van der Waals surface area contributed by atoms with E-state index in [0.717, 1.165) is 17.4 Å². The van der Waals surface area contributed by atoms with Crippen molar-refractivity contribution >= 4 is 50.9 Å². The summed E-state index contributed by atoms with van der Waals surface area (Å²) < 4.78 is 6.92. The summed E-state index contributed by atoms with van der Waals surface area (Å²) in [5, 5.41) is 22.0. The van der Waals surface area contributed by atoms with E-state index in [9.17, 15) is 29.8 Å². The van der Waals surface area contributed by atoms with Crippen LogP contribution in [0.4, 0.5) is 11.4 Å². The number of amides is 1. The molecule has 3 aromatic rings. The Balaban J connectivity index is 2.01. The van der Waals surface area contributed by atoms with Crippen molar-refractivity contribution in [1.29, 1.82) is 0 Å². The van der Waals surface area contributed by atoms with E-state index in [2.05, 4.69) is 4.99 Å². The molecule has 0 aliphatic rings. The lowest BCUT2D eigenvalue weighted by atomic mass is 10.2. The number of rotatable bonds is 7. The van der Waals surface area contributed by atoms with Gasteiger partial charge >= 0.3 is 5.97 Å². The smallest absolute Gasteiger partial charge is 0.326 e. The van der Waals surface area contributed by atoms with E-state index in [1.54, 1.807) is 13.0 Å². The third-order valence-corrected chi connectivity index (χ3v) is 5.23. The first-order valence-electron chi connectivity index (χ1n) is 9.23. The first-order chi connectivity index (χ1) is 15.3. The molecule has 32 heavy (non-hydrogen) atoms. The third kappa shape index (κ3) is 5.29. The van der Waals surface area contributed by atoms with Crippen molar-refractivity contribution in [2.45, 2.75) is 13.5 Å². The van der Waals surface area contributed by atoms with Gasteiger partial charge in [-0.3, -0.25) is 29.8 Å². The zero-order chi connectivity index (χ0) is 23.3. The lowest BCUT2D eigenvalue weighted by Gasteiger charge is -2.04. The number of nitro groups is 2. The fraction of sp³-hybridized carbons (Fsp3) is 0.150. The van der Waals surface area contributed by atoms with E-state index in [4.69, 9.17) is 4.74 Å². The summed E-state index contributed by atoms with van der Waals surface area (Å²) in [6.07, 6.45) is 2.52. The molecule has 0 fully saturated rings. The van der Waals surface area contributed by atoms with Crippen molar-refractivity contribution < 1.29 is 24.2 Å². The van der Waals surface area contributed by atoms with Gasteiger partial charge in [-0.25, -0.2) is 0 Å². The van der Waals surface area contributed by atoms with Crippen LogP contribution in [0.5, 0.6) is 0 Å². The maximum Gasteiger partial charge on any atom is 0.326 e. The van der Waals surface area contributed by atoms with Gasteiger partial charge in [0.2, 0.25) is 0 Å². The third-order valence-electron chi connectivity index (χ3n) is 4.17. The summed E-state index contributed by atoms with van der Waals surface area (Å²) in [6, 6.07) is 9.86. The number of esters is 1. The van der Waals surface area contributed by atoms with Gasteiger partial charge in [-0.1, -0.05) is 23.5 Å². The second kappa shape index (κ2) is 9.75. The fourth-order valence-corrected chi connectivity index (χ4v) is 3.80. The first kappa shape index (κ1) is 22.5. The number of carbonyl (C=O) groups excluding carboxylic acids is 2. The Labute approximate surface area is 184 Å². The largest absolute Gasteiger partial charge is 0.465 e. The molecule has 0 saturated carbocycles. The predicted octanol–water partition coefficient (Wildman–Crippen LogP) is 3.22. The van der Waals surface area contributed by atoms with E-state index < -0.39 is 21.7 Å². The summed E-state index contributed by atoms with van der Waals surface area (Å²) in [5.41, 5.74) is 0.520. The van der Waals surface area contributed by atoms with Crippen molar-refractivity contribution in [3.8, 4) is 0 Å². The molecule has 1 heterocycles. The van der Waals surface area contributed by atoms with Crippen molar-refractivity contribution in [3.63, 3.8) is 0 Å². The van der Waals surface area contributed by atoms with Crippen LogP contribution in [-0.2, 0) is 20.9 Å². The Morgan fingerprint density at radius 1 is 1.12 bits per heavy atom. The van der Waals surface area contributed by atoms with E-state index in [-0.39, 0.29) is 29.3 Å². The van der Waals surface area contributed by atoms with Gasteiger partial charge in [0, 0.05) is 30.3 Å². The van der Waals surface area contributed by atoms with Crippen LogP contribution >= 0.6 is 11.3 Å². The normalized spacial score (nSPS) is 11.7. The van der Waals surface area contributed by atoms with Gasteiger partial charge in [-0.2, -0.15) is 4.99 Å². The average Bonchev–Trinajstić information content (AvgIpc) is 3.08. The molecule has 0 N–H and O–H groups in total. The molecule has 0 aliphatic heterocycles. The zero-order valence-electron chi connectivity index (χ0n) is 16.7. The number of thiazole rings is 1. The molecule has 0 bridgehead atoms. The number of hydrogen-bond acceptors (Lipinski definition) is 8. The molecule has 2 aromatic carbocycles. The molecule has 1 aromatic heterocycles. The molecule has 0 aliphatic carbocycles. The van der Waals surface area contributed by atoms with Crippen LogP contribution in [0.25, 0.3) is 16.3 Å². The van der Waals surface area contributed by atoms with Crippen molar-refractivity contribution in [2.24, 2.45) is 4.99 Å². The molecule has 164 valence electrons. The van der Waals surface area contributed by atoms with Gasteiger partial charge in [0.05, 0.1) is 26.7 Å². The molecule has 1 amide bonds. The summed E-state index contributed by atoms with van der Waals surface area (Å²) in [5.74, 6) is -1.25. The molecular weight excluding hydrogens is 440 g/mol. The molecule has 0 saturated heterocycles. The van der Waals surface area contributed by atoms with Crippen LogP contribution in [0, 0.1) is 20.2 Å². The Kier molecular flexibility index (Phi) is 6.85. The highest BCUT2D eigenvalue weighted by molar-refractivity contribution is 7.16. The second-order valence-electron chi connectivity index (χ2n) is 6.32. The highest BCUT2D eigenvalue weighted by atomic mass is 32.1. The average molecular weight is 456 g/mol. The Morgan fingerprint density at radius 3 is 2.53 bits per heavy atom. The molecule has 3 rings (SSSR count). The second-order valence-corrected chi connectivity index (χ2v) is 7.33. The molecule has 0 spiro atoms. The summed E-state index contributed by atoms with van der Waals surface area (Å²) in [6.45, 7) is 1.52. The van der Waals surface area contributed by atoms with Crippen molar-refractivity contribution in [1.82, 2.24) is 4.57 Å². The van der Waals surface area contributed by atoms with E-state index >= 15 is 0 Å². The predicted molar refractivity (Wildman–Crippen MR) is 116 cm³/mol. The molecule has 11 nitrogen and oxygen atoms in total. The lowest BCUT2D eigenvalue weighted by molar-refractivity contribution is -0.385. The number of non-ortho nitro benzene ring substituents is 2. The quantitative estimate of drug-likeness (QED) is 0.229. The molecule has 12 heteroatoms. The highest BCUT2D eigenvalue weighted by Gasteiger charge is 2.15. The van der Waals surface area contributed by atoms with Crippen LogP contribution in [0.3, 0.4) is 0 Å². The van der Waals surface area contributed by atoms with E-state index in [1.165, 1.54) is 47.0 Å². The minimum Gasteiger partial charge on any atom is -0.465 e. The van der Waals surface area contributed by atoms with Gasteiger partial charge in [0.15, 0.2) is 4.80 Å². The summed E-state index contributed by atoms with van der Waals surface area (Å²) in [4.78, 5) is 49.5. The topological polar surface area (TPSA) is 147 Å². The maximum atomic E-state index is 12.4. The van der Waals surface area contributed by atoms with Gasteiger partial charge in [-0.05, 0) is 24.6 Å². The summed E-state index contributed by atoms with van der Waals surface area (Å²) in [7, 11) is 0. The molecule has 0 unspecified atom stereocenters. The molecule has 0 atom stereocenters. The van der Waals surface area contributed by atoms with Crippen LogP contribution in [-0.4, -0.2) is 32.9 Å². The number of fused-ring (bicyclic) bond motifs is 1. The molecular formula is C20H16N4O7S. The standard InChI is InChI=1S/C20H16N4O7S/c1-2-31-19(26)12-22-16-11-15(24(29)30)7-8-17(16)32-20(22)21-18(25)9-6-13-4-3-5-14(10-13)23(27)28/h3-11H,2,12H2,1H3. The van der Waals surface area contributed by atoms with Gasteiger partial charge < -0.3 is 9.30 Å². The number of carbonyl (C=O) groups is 2. The number of aromatic nitrogens is 1.